The highest BCUT2D eigenvalue weighted by molar-refractivity contribution is 6.16. The fraction of sp³-hybridized carbons (Fsp3) is 0.263. The molecule has 3 rings (SSSR count). The zero-order valence-electron chi connectivity index (χ0n) is 12.9. The Kier molecular flexibility index (Phi) is 3.90. The first-order valence-electron chi connectivity index (χ1n) is 7.61. The average Bonchev–Trinajstić information content (AvgIpc) is 2.65. The van der Waals surface area contributed by atoms with Crippen LogP contribution in [0.25, 0.3) is 0 Å². The smallest absolute Gasteiger partial charge is 0.175 e. The molecule has 0 saturated carbocycles. The molecule has 1 heterocycles. The van der Waals surface area contributed by atoms with E-state index in [9.17, 15) is 4.79 Å². The van der Waals surface area contributed by atoms with Crippen molar-refractivity contribution >= 4 is 11.5 Å². The normalized spacial score (nSPS) is 17.9. The predicted octanol–water partition coefficient (Wildman–Crippen LogP) is 3.06. The second-order valence-corrected chi connectivity index (χ2v) is 5.96. The van der Waals surface area contributed by atoms with Crippen LogP contribution in [0.4, 0.5) is 0 Å². The Hall–Kier alpha value is -2.26. The summed E-state index contributed by atoms with van der Waals surface area (Å²) in [6, 6.07) is 16.1. The third-order valence-electron chi connectivity index (χ3n) is 4.09. The molecule has 1 atom stereocenters. The maximum Gasteiger partial charge on any atom is 0.175 e. The number of carbonyl (C=O) groups excluding carboxylic acids is 1. The maximum absolute atomic E-state index is 12.3. The Morgan fingerprint density at radius 1 is 1.09 bits per heavy atom. The number of aliphatic imine (C=N–C) groups is 1. The molecule has 0 amide bonds. The van der Waals surface area contributed by atoms with Crippen molar-refractivity contribution in [3.8, 4) is 0 Å². The van der Waals surface area contributed by atoms with Crippen molar-refractivity contribution in [3.63, 3.8) is 0 Å². The monoisotopic (exact) mass is 292 g/mol. The molecule has 3 heteroatoms. The molecule has 1 aliphatic rings. The van der Waals surface area contributed by atoms with Gasteiger partial charge in [-0.3, -0.25) is 9.79 Å². The molecule has 0 spiro atoms. The minimum atomic E-state index is -0.789. The number of hydrogen-bond donors (Lipinski definition) is 1. The molecular formula is C19H20N2O. The first kappa shape index (κ1) is 14.7. The number of carbonyl (C=O) groups is 1. The number of nitrogens with zero attached hydrogens (tertiary/aromatic N) is 1. The van der Waals surface area contributed by atoms with Crippen LogP contribution in [0.2, 0.25) is 0 Å². The molecule has 22 heavy (non-hydrogen) atoms. The lowest BCUT2D eigenvalue weighted by molar-refractivity contribution is -0.119. The molecule has 0 bridgehead atoms. The molecule has 112 valence electrons. The van der Waals surface area contributed by atoms with Gasteiger partial charge in [-0.1, -0.05) is 62.4 Å². The topological polar surface area (TPSA) is 55.5 Å². The predicted molar refractivity (Wildman–Crippen MR) is 89.3 cm³/mol. The summed E-state index contributed by atoms with van der Waals surface area (Å²) >= 11 is 0. The van der Waals surface area contributed by atoms with Crippen LogP contribution in [-0.2, 0) is 11.2 Å². The van der Waals surface area contributed by atoms with E-state index in [2.05, 4.69) is 24.9 Å². The van der Waals surface area contributed by atoms with Gasteiger partial charge in [0.15, 0.2) is 11.9 Å². The van der Waals surface area contributed by atoms with Gasteiger partial charge in [0.25, 0.3) is 0 Å². The summed E-state index contributed by atoms with van der Waals surface area (Å²) in [6.45, 7) is 4.29. The highest BCUT2D eigenvalue weighted by atomic mass is 16.1. The number of rotatable bonds is 2. The molecule has 2 aromatic rings. The quantitative estimate of drug-likeness (QED) is 0.925. The Morgan fingerprint density at radius 2 is 1.82 bits per heavy atom. The molecule has 0 aromatic heterocycles. The fourth-order valence-electron chi connectivity index (χ4n) is 2.95. The van der Waals surface area contributed by atoms with Gasteiger partial charge in [-0.15, -0.1) is 0 Å². The highest BCUT2D eigenvalue weighted by Crippen LogP contribution is 2.28. The number of ketones is 1. The van der Waals surface area contributed by atoms with E-state index in [1.165, 1.54) is 5.56 Å². The van der Waals surface area contributed by atoms with E-state index in [1.807, 2.05) is 42.5 Å². The second kappa shape index (κ2) is 5.85. The maximum atomic E-state index is 12.3. The van der Waals surface area contributed by atoms with Gasteiger partial charge >= 0.3 is 0 Å². The van der Waals surface area contributed by atoms with E-state index in [4.69, 9.17) is 5.73 Å². The Balaban J connectivity index is 2.25. The molecule has 0 radical (unpaired) electrons. The highest BCUT2D eigenvalue weighted by Gasteiger charge is 2.25. The molecule has 0 saturated heterocycles. The lowest BCUT2D eigenvalue weighted by Crippen LogP contribution is -2.29. The number of fused-ring (bicyclic) bond motifs is 1. The first-order chi connectivity index (χ1) is 10.6. The Morgan fingerprint density at radius 3 is 2.50 bits per heavy atom. The van der Waals surface area contributed by atoms with Crippen molar-refractivity contribution in [1.29, 1.82) is 0 Å². The van der Waals surface area contributed by atoms with Gasteiger partial charge in [0.2, 0.25) is 0 Å². The van der Waals surface area contributed by atoms with Crippen LogP contribution >= 0.6 is 0 Å². The third-order valence-corrected chi connectivity index (χ3v) is 4.09. The van der Waals surface area contributed by atoms with Crippen molar-refractivity contribution < 1.29 is 4.79 Å². The number of nitrogens with two attached hydrogens (primary N) is 1. The molecule has 3 nitrogen and oxygen atoms in total. The summed E-state index contributed by atoms with van der Waals surface area (Å²) < 4.78 is 0. The summed E-state index contributed by atoms with van der Waals surface area (Å²) in [5.74, 6) is 0.328. The van der Waals surface area contributed by atoms with E-state index in [0.717, 1.165) is 22.4 Å². The lowest BCUT2D eigenvalue weighted by atomic mass is 9.88. The van der Waals surface area contributed by atoms with E-state index >= 15 is 0 Å². The van der Waals surface area contributed by atoms with Crippen LogP contribution in [0.3, 0.4) is 0 Å². The number of Topliss-reactive ketones (excluding diaryl/α,β-unsaturated/α-hetero) is 1. The second-order valence-electron chi connectivity index (χ2n) is 5.96. The van der Waals surface area contributed by atoms with Gasteiger partial charge in [0.05, 0.1) is 5.71 Å². The third kappa shape index (κ3) is 2.60. The average molecular weight is 292 g/mol. The van der Waals surface area contributed by atoms with Crippen molar-refractivity contribution in [2.75, 3.05) is 0 Å². The standard InChI is InChI=1S/C19H20N2O/c1-12(2)14-9-6-10-15-16(14)11-17(22)19(20)21-18(15)13-7-4-3-5-8-13/h3-10,12,19H,11,20H2,1-2H3. The van der Waals surface area contributed by atoms with E-state index in [0.29, 0.717) is 12.3 Å². The first-order valence-corrected chi connectivity index (χ1v) is 7.61. The molecule has 1 aliphatic heterocycles. The molecule has 0 aliphatic carbocycles. The SMILES string of the molecule is CC(C)c1cccc2c1CC(=O)C(N)N=C2c1ccccc1. The van der Waals surface area contributed by atoms with Gasteiger partial charge in [-0.25, -0.2) is 0 Å². The number of hydrogen-bond acceptors (Lipinski definition) is 3. The Labute approximate surface area is 130 Å². The van der Waals surface area contributed by atoms with Crippen LogP contribution in [0.15, 0.2) is 53.5 Å². The number of benzene rings is 2. The zero-order valence-corrected chi connectivity index (χ0v) is 12.9. The van der Waals surface area contributed by atoms with E-state index in [-0.39, 0.29) is 5.78 Å². The van der Waals surface area contributed by atoms with Gasteiger partial charge in [0, 0.05) is 17.5 Å². The lowest BCUT2D eigenvalue weighted by Gasteiger charge is -2.16. The van der Waals surface area contributed by atoms with Gasteiger partial charge in [0.1, 0.15) is 0 Å². The molecule has 1 unspecified atom stereocenters. The summed E-state index contributed by atoms with van der Waals surface area (Å²) in [5.41, 5.74) is 11.1. The van der Waals surface area contributed by atoms with Crippen LogP contribution in [-0.4, -0.2) is 17.7 Å². The van der Waals surface area contributed by atoms with Gasteiger partial charge in [-0.2, -0.15) is 0 Å². The van der Waals surface area contributed by atoms with Crippen LogP contribution in [0, 0.1) is 0 Å². The van der Waals surface area contributed by atoms with Crippen molar-refractivity contribution in [2.24, 2.45) is 10.7 Å². The van der Waals surface area contributed by atoms with Crippen molar-refractivity contribution in [2.45, 2.75) is 32.4 Å². The van der Waals surface area contributed by atoms with Crippen LogP contribution in [0.5, 0.6) is 0 Å². The van der Waals surface area contributed by atoms with E-state index < -0.39 is 6.17 Å². The van der Waals surface area contributed by atoms with Crippen molar-refractivity contribution in [3.05, 3.63) is 70.8 Å². The fourth-order valence-corrected chi connectivity index (χ4v) is 2.95. The van der Waals surface area contributed by atoms with Crippen LogP contribution < -0.4 is 5.73 Å². The van der Waals surface area contributed by atoms with Crippen molar-refractivity contribution in [1.82, 2.24) is 0 Å². The van der Waals surface area contributed by atoms with Gasteiger partial charge < -0.3 is 5.73 Å². The minimum Gasteiger partial charge on any atom is -0.303 e. The molecular weight excluding hydrogens is 272 g/mol. The Bertz CT molecular complexity index is 732. The summed E-state index contributed by atoms with van der Waals surface area (Å²) in [4.78, 5) is 16.8. The summed E-state index contributed by atoms with van der Waals surface area (Å²) in [7, 11) is 0. The molecule has 2 N–H and O–H groups in total. The molecule has 0 fully saturated rings. The molecule has 2 aromatic carbocycles. The minimum absolute atomic E-state index is 0.0275. The summed E-state index contributed by atoms with van der Waals surface area (Å²) in [5, 5.41) is 0. The van der Waals surface area contributed by atoms with Crippen LogP contribution in [0.1, 0.15) is 42.0 Å². The zero-order chi connectivity index (χ0) is 15.7. The largest absolute Gasteiger partial charge is 0.303 e. The summed E-state index contributed by atoms with van der Waals surface area (Å²) in [6.07, 6.45) is -0.437. The van der Waals surface area contributed by atoms with E-state index in [1.54, 1.807) is 0 Å². The van der Waals surface area contributed by atoms with Gasteiger partial charge in [-0.05, 0) is 17.0 Å².